The van der Waals surface area contributed by atoms with E-state index < -0.39 is 5.60 Å². The molecular weight excluding hydrogens is 220 g/mol. The van der Waals surface area contributed by atoms with E-state index in [1.165, 1.54) is 0 Å². The summed E-state index contributed by atoms with van der Waals surface area (Å²) in [7, 11) is 3.73. The lowest BCUT2D eigenvalue weighted by Crippen LogP contribution is -2.47. The van der Waals surface area contributed by atoms with Crippen molar-refractivity contribution >= 4 is 11.6 Å². The molecular formula is C11H20N4O2. The topological polar surface area (TPSA) is 94.4 Å². The molecule has 0 aliphatic rings. The summed E-state index contributed by atoms with van der Waals surface area (Å²) in [5, 5.41) is 12.7. The number of hydrogen-bond acceptors (Lipinski definition) is 4. The Kier molecular flexibility index (Phi) is 4.14. The number of hydrogen-bond donors (Lipinski definition) is 4. The first-order chi connectivity index (χ1) is 7.80. The maximum absolute atomic E-state index is 11.7. The van der Waals surface area contributed by atoms with Crippen molar-refractivity contribution in [2.24, 2.45) is 0 Å². The Bertz CT molecular complexity index is 385. The third kappa shape index (κ3) is 4.46. The number of nitrogens with zero attached hydrogens (tertiary/aromatic N) is 1. The molecule has 1 aromatic rings. The predicted octanol–water partition coefficient (Wildman–Crippen LogP) is -0.361. The normalized spacial score (nSPS) is 14.6. The average Bonchev–Trinajstić information content (AvgIpc) is 2.59. The number of anilines is 1. The van der Waals surface area contributed by atoms with Crippen LogP contribution in [0, 0.1) is 0 Å². The second kappa shape index (κ2) is 5.20. The van der Waals surface area contributed by atoms with Gasteiger partial charge in [0.2, 0.25) is 0 Å². The van der Waals surface area contributed by atoms with Crippen LogP contribution in [0.5, 0.6) is 0 Å². The highest BCUT2D eigenvalue weighted by Gasteiger charge is 2.22. The number of amides is 1. The number of carbonyl (C=O) groups excluding carboxylic acids is 1. The van der Waals surface area contributed by atoms with Crippen molar-refractivity contribution in [1.29, 1.82) is 0 Å². The van der Waals surface area contributed by atoms with E-state index >= 15 is 0 Å². The lowest BCUT2D eigenvalue weighted by atomic mass is 10.1. The van der Waals surface area contributed by atoms with Crippen LogP contribution in [0.25, 0.3) is 0 Å². The van der Waals surface area contributed by atoms with Gasteiger partial charge in [-0.05, 0) is 27.1 Å². The van der Waals surface area contributed by atoms with Gasteiger partial charge in [0, 0.05) is 25.0 Å². The first-order valence-corrected chi connectivity index (χ1v) is 5.39. The van der Waals surface area contributed by atoms with Crippen molar-refractivity contribution in [1.82, 2.24) is 15.2 Å². The van der Waals surface area contributed by atoms with Crippen LogP contribution >= 0.6 is 0 Å². The fraction of sp³-hybridized carbons (Fsp3) is 0.545. The van der Waals surface area contributed by atoms with Gasteiger partial charge in [-0.15, -0.1) is 0 Å². The number of rotatable bonds is 5. The van der Waals surface area contributed by atoms with Crippen LogP contribution in [0.4, 0.5) is 5.69 Å². The van der Waals surface area contributed by atoms with Gasteiger partial charge < -0.3 is 26.0 Å². The molecule has 0 spiro atoms. The molecule has 5 N–H and O–H groups in total. The summed E-state index contributed by atoms with van der Waals surface area (Å²) < 4.78 is 0. The van der Waals surface area contributed by atoms with Crippen LogP contribution in [0.3, 0.4) is 0 Å². The summed E-state index contributed by atoms with van der Waals surface area (Å²) in [6.07, 6.45) is 1.55. The second-order valence-electron chi connectivity index (χ2n) is 4.76. The van der Waals surface area contributed by atoms with Gasteiger partial charge in [-0.3, -0.25) is 4.79 Å². The van der Waals surface area contributed by atoms with Crippen LogP contribution in [-0.4, -0.2) is 53.7 Å². The Morgan fingerprint density at radius 3 is 2.76 bits per heavy atom. The number of aromatic amines is 1. The van der Waals surface area contributed by atoms with Crippen molar-refractivity contribution in [3.63, 3.8) is 0 Å². The van der Waals surface area contributed by atoms with E-state index in [0.717, 1.165) is 0 Å². The lowest BCUT2D eigenvalue weighted by Gasteiger charge is -2.26. The number of nitrogens with two attached hydrogens (primary N) is 1. The van der Waals surface area contributed by atoms with Crippen molar-refractivity contribution in [2.75, 3.05) is 32.9 Å². The van der Waals surface area contributed by atoms with Crippen LogP contribution in [-0.2, 0) is 0 Å². The predicted molar refractivity (Wildman–Crippen MR) is 66.7 cm³/mol. The van der Waals surface area contributed by atoms with Crippen molar-refractivity contribution in [3.05, 3.63) is 18.0 Å². The minimum absolute atomic E-state index is 0.183. The summed E-state index contributed by atoms with van der Waals surface area (Å²) in [5.74, 6) is -0.277. The van der Waals surface area contributed by atoms with Gasteiger partial charge in [0.25, 0.3) is 5.91 Å². The summed E-state index contributed by atoms with van der Waals surface area (Å²) in [6, 6.07) is 1.55. The zero-order valence-electron chi connectivity index (χ0n) is 10.4. The van der Waals surface area contributed by atoms with Crippen LogP contribution in [0.2, 0.25) is 0 Å². The minimum atomic E-state index is -0.961. The molecule has 0 saturated carbocycles. The maximum atomic E-state index is 11.7. The Morgan fingerprint density at radius 1 is 1.65 bits per heavy atom. The Labute approximate surface area is 101 Å². The molecule has 0 aliphatic carbocycles. The average molecular weight is 240 g/mol. The molecule has 1 amide bonds. The smallest absolute Gasteiger partial charge is 0.267 e. The van der Waals surface area contributed by atoms with Gasteiger partial charge in [0.1, 0.15) is 5.69 Å². The highest BCUT2D eigenvalue weighted by atomic mass is 16.3. The van der Waals surface area contributed by atoms with E-state index in [1.807, 2.05) is 19.0 Å². The molecule has 1 rings (SSSR count). The fourth-order valence-corrected chi connectivity index (χ4v) is 1.65. The minimum Gasteiger partial charge on any atom is -0.397 e. The molecule has 96 valence electrons. The summed E-state index contributed by atoms with van der Waals surface area (Å²) in [6.45, 7) is 2.33. The molecule has 1 unspecified atom stereocenters. The number of nitrogen functional groups attached to an aromatic ring is 1. The van der Waals surface area contributed by atoms with Crippen molar-refractivity contribution in [2.45, 2.75) is 12.5 Å². The van der Waals surface area contributed by atoms with Gasteiger partial charge in [-0.1, -0.05) is 0 Å². The summed E-state index contributed by atoms with van der Waals surface area (Å²) >= 11 is 0. The molecule has 0 fully saturated rings. The Balaban J connectivity index is 2.48. The number of nitrogens with one attached hydrogen (secondary N) is 2. The van der Waals surface area contributed by atoms with Crippen molar-refractivity contribution < 1.29 is 9.90 Å². The van der Waals surface area contributed by atoms with Crippen LogP contribution < -0.4 is 11.1 Å². The second-order valence-corrected chi connectivity index (χ2v) is 4.76. The lowest BCUT2D eigenvalue weighted by molar-refractivity contribution is 0.0325. The molecule has 0 aliphatic heterocycles. The molecule has 0 aromatic carbocycles. The highest BCUT2D eigenvalue weighted by molar-refractivity contribution is 5.93. The van der Waals surface area contributed by atoms with Gasteiger partial charge in [-0.2, -0.15) is 0 Å². The van der Waals surface area contributed by atoms with E-state index in [0.29, 0.717) is 17.9 Å². The van der Waals surface area contributed by atoms with Crippen molar-refractivity contribution in [3.8, 4) is 0 Å². The molecule has 1 aromatic heterocycles. The van der Waals surface area contributed by atoms with E-state index in [4.69, 9.17) is 5.73 Å². The molecule has 0 bridgehead atoms. The SMILES string of the molecule is CN(C)CC(C)(O)CNC(=O)c1cc(N)c[nH]1. The van der Waals surface area contributed by atoms with Gasteiger partial charge in [0.15, 0.2) is 0 Å². The van der Waals surface area contributed by atoms with E-state index in [9.17, 15) is 9.90 Å². The third-order valence-corrected chi connectivity index (χ3v) is 2.24. The third-order valence-electron chi connectivity index (χ3n) is 2.24. The zero-order chi connectivity index (χ0) is 13.1. The number of H-pyrrole nitrogens is 1. The molecule has 6 nitrogen and oxygen atoms in total. The maximum Gasteiger partial charge on any atom is 0.267 e. The number of carbonyl (C=O) groups is 1. The number of aliphatic hydroxyl groups is 1. The monoisotopic (exact) mass is 240 g/mol. The summed E-state index contributed by atoms with van der Waals surface area (Å²) in [4.78, 5) is 16.3. The van der Waals surface area contributed by atoms with Gasteiger partial charge >= 0.3 is 0 Å². The van der Waals surface area contributed by atoms with Gasteiger partial charge in [-0.25, -0.2) is 0 Å². The van der Waals surface area contributed by atoms with Crippen LogP contribution in [0.1, 0.15) is 17.4 Å². The molecule has 17 heavy (non-hydrogen) atoms. The number of aromatic nitrogens is 1. The summed E-state index contributed by atoms with van der Waals surface area (Å²) in [5.41, 5.74) is 5.44. The van der Waals surface area contributed by atoms with E-state index in [2.05, 4.69) is 10.3 Å². The molecule has 1 heterocycles. The first-order valence-electron chi connectivity index (χ1n) is 5.39. The van der Waals surface area contributed by atoms with E-state index in [1.54, 1.807) is 19.2 Å². The van der Waals surface area contributed by atoms with Crippen LogP contribution in [0.15, 0.2) is 12.3 Å². The molecule has 1 atom stereocenters. The molecule has 0 radical (unpaired) electrons. The zero-order valence-corrected chi connectivity index (χ0v) is 10.4. The molecule has 0 saturated heterocycles. The standard InChI is InChI=1S/C11H20N4O2/c1-11(17,7-15(2)3)6-14-10(16)9-4-8(12)5-13-9/h4-5,13,17H,6-7,12H2,1-3H3,(H,14,16). The number of likely N-dealkylation sites (N-methyl/N-ethyl adjacent to an activating group) is 1. The fourth-order valence-electron chi connectivity index (χ4n) is 1.65. The quantitative estimate of drug-likeness (QED) is 0.565. The molecule has 6 heteroatoms. The highest BCUT2D eigenvalue weighted by Crippen LogP contribution is 2.06. The Morgan fingerprint density at radius 2 is 2.29 bits per heavy atom. The van der Waals surface area contributed by atoms with E-state index in [-0.39, 0.29) is 12.5 Å². The largest absolute Gasteiger partial charge is 0.397 e. The van der Waals surface area contributed by atoms with Gasteiger partial charge in [0.05, 0.1) is 5.60 Å². The first kappa shape index (κ1) is 13.5. The Hall–Kier alpha value is -1.53.